The van der Waals surface area contributed by atoms with Crippen molar-refractivity contribution in [2.75, 3.05) is 13.1 Å². The van der Waals surface area contributed by atoms with Gasteiger partial charge >= 0.3 is 12.1 Å². The molecule has 0 amide bonds. The van der Waals surface area contributed by atoms with Crippen LogP contribution in [0.25, 0.3) is 5.57 Å². The van der Waals surface area contributed by atoms with Gasteiger partial charge in [-0.05, 0) is 85.4 Å². The number of nitrogens with zero attached hydrogens (tertiary/aromatic N) is 1. The average Bonchev–Trinajstić information content (AvgIpc) is 3.02. The zero-order valence-electron chi connectivity index (χ0n) is 20.1. The van der Waals surface area contributed by atoms with Crippen LogP contribution in [0.15, 0.2) is 41.8 Å². The molecule has 1 N–H and O–H groups in total. The summed E-state index contributed by atoms with van der Waals surface area (Å²) < 4.78 is 44.6. The van der Waals surface area contributed by atoms with E-state index >= 15 is 0 Å². The van der Waals surface area contributed by atoms with E-state index in [1.807, 2.05) is 25.1 Å². The van der Waals surface area contributed by atoms with Gasteiger partial charge in [0, 0.05) is 24.5 Å². The van der Waals surface area contributed by atoms with E-state index in [0.717, 1.165) is 49.2 Å². The molecular formula is C27H30F3NO3S. The van der Waals surface area contributed by atoms with Gasteiger partial charge in [-0.2, -0.15) is 13.2 Å². The summed E-state index contributed by atoms with van der Waals surface area (Å²) in [6.07, 6.45) is 2.09. The van der Waals surface area contributed by atoms with E-state index in [4.69, 9.17) is 4.74 Å². The van der Waals surface area contributed by atoms with E-state index in [-0.39, 0.29) is 6.42 Å². The maximum atomic E-state index is 13.0. The molecule has 1 aliphatic carbocycles. The highest BCUT2D eigenvalue weighted by Crippen LogP contribution is 2.37. The van der Waals surface area contributed by atoms with Crippen LogP contribution in [-0.2, 0) is 24.2 Å². The Kier molecular flexibility index (Phi) is 7.16. The molecule has 1 aromatic heterocycles. The number of halogens is 3. The Balaban J connectivity index is 1.41. The van der Waals surface area contributed by atoms with E-state index in [9.17, 15) is 23.1 Å². The summed E-state index contributed by atoms with van der Waals surface area (Å²) in [5.74, 6) is -1.85. The van der Waals surface area contributed by atoms with Crippen LogP contribution in [0.2, 0.25) is 0 Å². The van der Waals surface area contributed by atoms with E-state index in [1.165, 1.54) is 35.9 Å². The fourth-order valence-corrected chi connectivity index (χ4v) is 5.59. The van der Waals surface area contributed by atoms with Gasteiger partial charge in [-0.25, -0.2) is 4.79 Å². The molecule has 0 saturated heterocycles. The van der Waals surface area contributed by atoms with Gasteiger partial charge in [-0.3, -0.25) is 4.90 Å². The number of ether oxygens (including phenoxy) is 1. The molecule has 2 heterocycles. The Morgan fingerprint density at radius 3 is 2.54 bits per heavy atom. The van der Waals surface area contributed by atoms with Gasteiger partial charge in [-0.1, -0.05) is 24.3 Å². The first-order valence-corrected chi connectivity index (χ1v) is 12.6. The predicted octanol–water partition coefficient (Wildman–Crippen LogP) is 6.42. The molecule has 2 aromatic rings. The van der Waals surface area contributed by atoms with Crippen molar-refractivity contribution in [1.29, 1.82) is 0 Å². The number of carbonyl (C=O) groups is 1. The van der Waals surface area contributed by atoms with Crippen molar-refractivity contribution < 1.29 is 27.8 Å². The number of hydrogen-bond donors (Lipinski definition) is 1. The molecule has 0 fully saturated rings. The summed E-state index contributed by atoms with van der Waals surface area (Å²) in [6, 6.07) is 5.81. The monoisotopic (exact) mass is 505 g/mol. The highest BCUT2D eigenvalue weighted by molar-refractivity contribution is 7.10. The summed E-state index contributed by atoms with van der Waals surface area (Å²) >= 11 is 1.66. The first kappa shape index (κ1) is 25.5. The van der Waals surface area contributed by atoms with Crippen molar-refractivity contribution >= 4 is 22.9 Å². The lowest BCUT2D eigenvalue weighted by molar-refractivity contribution is -0.160. The maximum absolute atomic E-state index is 13.0. The Labute approximate surface area is 207 Å². The van der Waals surface area contributed by atoms with Gasteiger partial charge in [0.05, 0.1) is 5.92 Å². The van der Waals surface area contributed by atoms with Crippen LogP contribution in [-0.4, -0.2) is 40.8 Å². The topological polar surface area (TPSA) is 49.8 Å². The standard InChI is InChI=1S/C27H30F3NO3S/c1-17-23(19-4-7-21(8-5-19)27(28,29)30)16-35-24(17)15-31-12-10-18-6-9-22(14-20(18)11-13-31)34-26(2,3)25(32)33/h4-7,9,14,16,21H,8,10-13,15H2,1-3H3,(H,32,33). The molecule has 1 aromatic carbocycles. The predicted molar refractivity (Wildman–Crippen MR) is 132 cm³/mol. The Morgan fingerprint density at radius 2 is 1.91 bits per heavy atom. The number of alkyl halides is 3. The first-order chi connectivity index (χ1) is 16.4. The molecule has 188 valence electrons. The van der Waals surface area contributed by atoms with Gasteiger partial charge in [-0.15, -0.1) is 11.3 Å². The number of aliphatic carboxylic acids is 1. The van der Waals surface area contributed by atoms with Crippen LogP contribution in [0.5, 0.6) is 5.75 Å². The van der Waals surface area contributed by atoms with Crippen molar-refractivity contribution in [2.24, 2.45) is 5.92 Å². The molecule has 8 heteroatoms. The van der Waals surface area contributed by atoms with Crippen LogP contribution in [0.1, 0.15) is 47.4 Å². The van der Waals surface area contributed by atoms with Crippen LogP contribution in [0.3, 0.4) is 0 Å². The lowest BCUT2D eigenvalue weighted by Crippen LogP contribution is -2.37. The second-order valence-corrected chi connectivity index (χ2v) is 10.7. The molecule has 35 heavy (non-hydrogen) atoms. The molecule has 0 saturated carbocycles. The zero-order valence-corrected chi connectivity index (χ0v) is 20.9. The number of benzene rings is 1. The molecule has 0 spiro atoms. The molecule has 1 atom stereocenters. The number of allylic oxidation sites excluding steroid dienone is 4. The van der Waals surface area contributed by atoms with E-state index in [2.05, 4.69) is 10.3 Å². The molecule has 4 rings (SSSR count). The highest BCUT2D eigenvalue weighted by atomic mass is 32.1. The zero-order chi connectivity index (χ0) is 25.4. The minimum atomic E-state index is -4.20. The Morgan fingerprint density at radius 1 is 1.20 bits per heavy atom. The summed E-state index contributed by atoms with van der Waals surface area (Å²) in [6.45, 7) is 7.67. The van der Waals surface area contributed by atoms with Crippen molar-refractivity contribution in [3.8, 4) is 5.75 Å². The number of fused-ring (bicyclic) bond motifs is 1. The van der Waals surface area contributed by atoms with Crippen molar-refractivity contribution in [3.05, 3.63) is 68.9 Å². The van der Waals surface area contributed by atoms with Crippen LogP contribution < -0.4 is 4.74 Å². The number of carboxylic acids is 1. The molecule has 4 nitrogen and oxygen atoms in total. The molecule has 1 unspecified atom stereocenters. The number of hydrogen-bond acceptors (Lipinski definition) is 4. The SMILES string of the molecule is Cc1c(C2=CCC(C(F)(F)F)C=C2)csc1CN1CCc2ccc(OC(C)(C)C(=O)O)cc2CC1. The first-order valence-electron chi connectivity index (χ1n) is 11.7. The minimum Gasteiger partial charge on any atom is -0.478 e. The van der Waals surface area contributed by atoms with Gasteiger partial charge < -0.3 is 9.84 Å². The second kappa shape index (κ2) is 9.82. The third-order valence-electron chi connectivity index (χ3n) is 6.80. The molecule has 0 bridgehead atoms. The van der Waals surface area contributed by atoms with Crippen molar-refractivity contribution in [2.45, 2.75) is 58.4 Å². The maximum Gasteiger partial charge on any atom is 0.395 e. The Hall–Kier alpha value is -2.58. The number of thiophene rings is 1. The third kappa shape index (κ3) is 5.81. The lowest BCUT2D eigenvalue weighted by atomic mass is 9.92. The van der Waals surface area contributed by atoms with Crippen LogP contribution >= 0.6 is 11.3 Å². The summed E-state index contributed by atoms with van der Waals surface area (Å²) in [5, 5.41) is 11.4. The third-order valence-corrected chi connectivity index (χ3v) is 7.87. The molecule has 1 aliphatic heterocycles. The van der Waals surface area contributed by atoms with Crippen molar-refractivity contribution in [3.63, 3.8) is 0 Å². The molecule has 2 aliphatic rings. The van der Waals surface area contributed by atoms with Gasteiger partial charge in [0.2, 0.25) is 0 Å². The lowest BCUT2D eigenvalue weighted by Gasteiger charge is -2.22. The number of carboxylic acid groups (broad SMARTS) is 1. The van der Waals surface area contributed by atoms with E-state index in [0.29, 0.717) is 5.75 Å². The molecular weight excluding hydrogens is 475 g/mol. The average molecular weight is 506 g/mol. The number of rotatable bonds is 6. The quantitative estimate of drug-likeness (QED) is 0.492. The highest BCUT2D eigenvalue weighted by Gasteiger charge is 2.38. The van der Waals surface area contributed by atoms with Gasteiger partial charge in [0.15, 0.2) is 5.60 Å². The normalized spacial score (nSPS) is 19.1. The summed E-state index contributed by atoms with van der Waals surface area (Å²) in [4.78, 5) is 15.0. The minimum absolute atomic E-state index is 0.0142. The van der Waals surface area contributed by atoms with E-state index in [1.54, 1.807) is 23.5 Å². The fraction of sp³-hybridized carbons (Fsp3) is 0.444. The van der Waals surface area contributed by atoms with Crippen molar-refractivity contribution in [1.82, 2.24) is 4.90 Å². The van der Waals surface area contributed by atoms with Gasteiger partial charge in [0.1, 0.15) is 5.75 Å². The smallest absolute Gasteiger partial charge is 0.395 e. The largest absolute Gasteiger partial charge is 0.478 e. The Bertz CT molecular complexity index is 1160. The molecule has 0 radical (unpaired) electrons. The fourth-order valence-electron chi connectivity index (χ4n) is 4.47. The van der Waals surface area contributed by atoms with Crippen LogP contribution in [0.4, 0.5) is 13.2 Å². The summed E-state index contributed by atoms with van der Waals surface area (Å²) in [7, 11) is 0. The van der Waals surface area contributed by atoms with Crippen LogP contribution in [0, 0.1) is 12.8 Å². The van der Waals surface area contributed by atoms with Gasteiger partial charge in [0.25, 0.3) is 0 Å². The second-order valence-electron chi connectivity index (χ2n) is 9.72. The summed E-state index contributed by atoms with van der Waals surface area (Å²) in [5.41, 5.74) is 4.13. The van der Waals surface area contributed by atoms with E-state index < -0.39 is 23.7 Å².